The number of aliphatic hydroxyl groups excluding tert-OH is 1. The first kappa shape index (κ1) is 23.4. The van der Waals surface area contributed by atoms with E-state index in [4.69, 9.17) is 4.74 Å². The van der Waals surface area contributed by atoms with Crippen molar-refractivity contribution in [3.63, 3.8) is 0 Å². The number of benzene rings is 3. The number of ether oxygens (including phenoxy) is 1. The van der Waals surface area contributed by atoms with E-state index in [0.717, 1.165) is 11.1 Å². The molecular formula is C23H23NO7S. The van der Waals surface area contributed by atoms with Crippen LogP contribution in [-0.4, -0.2) is 18.4 Å². The highest BCUT2D eigenvalue weighted by Gasteiger charge is 2.20. The van der Waals surface area contributed by atoms with Gasteiger partial charge < -0.3 is 9.84 Å². The van der Waals surface area contributed by atoms with E-state index >= 15 is 0 Å². The summed E-state index contributed by atoms with van der Waals surface area (Å²) in [6.07, 6.45) is -0.201. The second-order valence-corrected chi connectivity index (χ2v) is 8.66. The fourth-order valence-corrected chi connectivity index (χ4v) is 3.95. The Kier molecular flexibility index (Phi) is 7.57. The van der Waals surface area contributed by atoms with Gasteiger partial charge in [0.1, 0.15) is 6.61 Å². The van der Waals surface area contributed by atoms with Gasteiger partial charge in [-0.1, -0.05) is 55.5 Å². The molecule has 0 fully saturated rings. The second kappa shape index (κ2) is 10.4. The van der Waals surface area contributed by atoms with E-state index in [0.29, 0.717) is 12.0 Å². The smallest absolute Gasteiger partial charge is 0.311 e. The number of nitrogens with zero attached hydrogens (tertiary/aromatic N) is 1. The van der Waals surface area contributed by atoms with Gasteiger partial charge in [0.15, 0.2) is 5.75 Å². The van der Waals surface area contributed by atoms with Gasteiger partial charge in [-0.2, -0.15) is 8.42 Å². The number of nitro benzene ring substituents is 1. The third-order valence-electron chi connectivity index (χ3n) is 4.76. The van der Waals surface area contributed by atoms with Gasteiger partial charge in [0.25, 0.3) is 10.1 Å². The van der Waals surface area contributed by atoms with Crippen LogP contribution in [0.4, 0.5) is 5.69 Å². The predicted molar refractivity (Wildman–Crippen MR) is 118 cm³/mol. The summed E-state index contributed by atoms with van der Waals surface area (Å²) in [7, 11) is -3.42. The second-order valence-electron chi connectivity index (χ2n) is 7.05. The summed E-state index contributed by atoms with van der Waals surface area (Å²) < 4.78 is 32.2. The summed E-state index contributed by atoms with van der Waals surface area (Å²) in [5, 5.41) is 20.9. The average molecular weight is 458 g/mol. The number of hydrogen-bond acceptors (Lipinski definition) is 7. The average Bonchev–Trinajstić information content (AvgIpc) is 2.81. The standard InChI is InChI=1S/C16H17NO4.C7H6O3S/c1-2-15(18)13-8-9-16(14(10-13)17(19)20)21-11-12-6-4-3-5-7-12;8-11(9)7-3-1-2-6(4-7)5-10-11/h3-10,15,18H,2,11H2,1H3;1-4H,5H2. The van der Waals surface area contributed by atoms with E-state index in [1.165, 1.54) is 18.2 Å². The molecule has 3 aromatic rings. The normalized spacial score (nSPS) is 14.6. The molecule has 0 amide bonds. The van der Waals surface area contributed by atoms with Crippen LogP contribution in [-0.2, 0) is 27.5 Å². The molecule has 1 unspecified atom stereocenters. The molecule has 0 saturated carbocycles. The molecule has 168 valence electrons. The van der Waals surface area contributed by atoms with Gasteiger partial charge in [0.2, 0.25) is 0 Å². The lowest BCUT2D eigenvalue weighted by molar-refractivity contribution is -0.386. The lowest BCUT2D eigenvalue weighted by Gasteiger charge is -2.11. The van der Waals surface area contributed by atoms with E-state index in [9.17, 15) is 23.6 Å². The summed E-state index contributed by atoms with van der Waals surface area (Å²) >= 11 is 0. The van der Waals surface area contributed by atoms with Gasteiger partial charge >= 0.3 is 5.69 Å². The molecule has 0 aliphatic carbocycles. The van der Waals surface area contributed by atoms with Crippen molar-refractivity contribution >= 4 is 15.8 Å². The molecule has 3 aromatic carbocycles. The Morgan fingerprint density at radius 1 is 1.09 bits per heavy atom. The number of hydrogen-bond donors (Lipinski definition) is 1. The largest absolute Gasteiger partial charge is 0.482 e. The van der Waals surface area contributed by atoms with Gasteiger partial charge in [-0.3, -0.25) is 14.3 Å². The van der Waals surface area contributed by atoms with Gasteiger partial charge in [-0.15, -0.1) is 0 Å². The molecule has 1 aliphatic heterocycles. The van der Waals surface area contributed by atoms with Crippen molar-refractivity contribution in [3.05, 3.63) is 99.6 Å². The fraction of sp³-hybridized carbons (Fsp3) is 0.217. The summed E-state index contributed by atoms with van der Waals surface area (Å²) in [4.78, 5) is 10.9. The SMILES string of the molecule is CCC(O)c1ccc(OCc2ccccc2)c([N+](=O)[O-])c1.O=S1(=O)OCc2cccc1c2. The minimum Gasteiger partial charge on any atom is -0.482 e. The van der Waals surface area contributed by atoms with Crippen LogP contribution in [0.1, 0.15) is 36.1 Å². The Bertz CT molecular complexity index is 1180. The van der Waals surface area contributed by atoms with Crippen molar-refractivity contribution in [1.29, 1.82) is 0 Å². The molecule has 1 heterocycles. The predicted octanol–water partition coefficient (Wildman–Crippen LogP) is 4.52. The minimum atomic E-state index is -3.42. The molecule has 2 bridgehead atoms. The first-order chi connectivity index (χ1) is 15.3. The topological polar surface area (TPSA) is 116 Å². The summed E-state index contributed by atoms with van der Waals surface area (Å²) in [5.41, 5.74) is 2.23. The van der Waals surface area contributed by atoms with Crippen molar-refractivity contribution in [1.82, 2.24) is 0 Å². The highest BCUT2D eigenvalue weighted by atomic mass is 32.2. The van der Waals surface area contributed by atoms with E-state index in [1.807, 2.05) is 43.3 Å². The van der Waals surface area contributed by atoms with Crippen molar-refractivity contribution in [2.75, 3.05) is 0 Å². The quantitative estimate of drug-likeness (QED) is 0.328. The lowest BCUT2D eigenvalue weighted by atomic mass is 10.1. The highest BCUT2D eigenvalue weighted by Crippen LogP contribution is 2.31. The zero-order valence-corrected chi connectivity index (χ0v) is 18.2. The molecule has 0 radical (unpaired) electrons. The van der Waals surface area contributed by atoms with Crippen LogP contribution in [0.3, 0.4) is 0 Å². The number of fused-ring (bicyclic) bond motifs is 2. The van der Waals surface area contributed by atoms with Gasteiger partial charge in [-0.25, -0.2) is 0 Å². The lowest BCUT2D eigenvalue weighted by Crippen LogP contribution is -2.11. The Hall–Kier alpha value is -3.27. The molecule has 4 rings (SSSR count). The third kappa shape index (κ3) is 5.91. The molecule has 0 aromatic heterocycles. The van der Waals surface area contributed by atoms with E-state index in [2.05, 4.69) is 4.18 Å². The molecule has 8 nitrogen and oxygen atoms in total. The molecule has 9 heteroatoms. The molecule has 0 saturated heterocycles. The van der Waals surface area contributed by atoms with Crippen LogP contribution in [0.25, 0.3) is 0 Å². The van der Waals surface area contributed by atoms with Crippen molar-refractivity contribution in [2.24, 2.45) is 0 Å². The van der Waals surface area contributed by atoms with Crippen molar-refractivity contribution in [3.8, 4) is 5.75 Å². The minimum absolute atomic E-state index is 0.129. The first-order valence-corrected chi connectivity index (χ1v) is 11.3. The monoisotopic (exact) mass is 457 g/mol. The number of rotatable bonds is 6. The molecule has 1 atom stereocenters. The molecular weight excluding hydrogens is 434 g/mol. The van der Waals surface area contributed by atoms with E-state index < -0.39 is 21.1 Å². The Balaban J connectivity index is 0.000000219. The van der Waals surface area contributed by atoms with Crippen LogP contribution in [0.5, 0.6) is 5.75 Å². The molecule has 32 heavy (non-hydrogen) atoms. The maximum Gasteiger partial charge on any atom is 0.311 e. The van der Waals surface area contributed by atoms with E-state index in [1.54, 1.807) is 18.2 Å². The van der Waals surface area contributed by atoms with Crippen LogP contribution in [0.2, 0.25) is 0 Å². The maximum atomic E-state index is 11.1. The van der Waals surface area contributed by atoms with Crippen molar-refractivity contribution < 1.29 is 27.4 Å². The molecule has 0 spiro atoms. The third-order valence-corrected chi connectivity index (χ3v) is 6.02. The summed E-state index contributed by atoms with van der Waals surface area (Å²) in [5.74, 6) is 0.205. The van der Waals surface area contributed by atoms with Crippen molar-refractivity contribution in [2.45, 2.75) is 37.6 Å². The fourth-order valence-electron chi connectivity index (χ4n) is 2.98. The zero-order chi connectivity index (χ0) is 23.1. The van der Waals surface area contributed by atoms with Crippen LogP contribution < -0.4 is 4.74 Å². The van der Waals surface area contributed by atoms with E-state index in [-0.39, 0.29) is 29.5 Å². The van der Waals surface area contributed by atoms with Gasteiger partial charge in [0.05, 0.1) is 22.5 Å². The van der Waals surface area contributed by atoms with Gasteiger partial charge in [-0.05, 0) is 41.3 Å². The first-order valence-electron chi connectivity index (χ1n) is 9.91. The number of nitro groups is 1. The Morgan fingerprint density at radius 3 is 2.50 bits per heavy atom. The number of aliphatic hydroxyl groups is 1. The Morgan fingerprint density at radius 2 is 1.84 bits per heavy atom. The maximum absolute atomic E-state index is 11.1. The molecule has 1 aliphatic rings. The summed E-state index contributed by atoms with van der Waals surface area (Å²) in [6, 6.07) is 20.7. The van der Waals surface area contributed by atoms with Crippen LogP contribution >= 0.6 is 0 Å². The summed E-state index contributed by atoms with van der Waals surface area (Å²) in [6.45, 7) is 2.24. The Labute approximate surface area is 186 Å². The zero-order valence-electron chi connectivity index (χ0n) is 17.4. The molecule has 1 N–H and O–H groups in total. The highest BCUT2D eigenvalue weighted by molar-refractivity contribution is 7.86. The van der Waals surface area contributed by atoms with Crippen LogP contribution in [0, 0.1) is 10.1 Å². The van der Waals surface area contributed by atoms with Crippen LogP contribution in [0.15, 0.2) is 77.7 Å². The van der Waals surface area contributed by atoms with Gasteiger partial charge in [0, 0.05) is 6.07 Å².